The number of halogens is 2. The molecule has 0 atom stereocenters. The first-order chi connectivity index (χ1) is 9.19. The smallest absolute Gasteiger partial charge is 0.161 e. The molecule has 1 aliphatic heterocycles. The van der Waals surface area contributed by atoms with E-state index in [-0.39, 0.29) is 5.82 Å². The van der Waals surface area contributed by atoms with Crippen LogP contribution in [0.25, 0.3) is 11.4 Å². The molecule has 0 saturated heterocycles. The molecule has 3 rings (SSSR count). The molecular formula is C13H11BrFN3S. The normalized spacial score (nSPS) is 13.4. The molecule has 2 heterocycles. The van der Waals surface area contributed by atoms with E-state index in [1.807, 2.05) is 18.8 Å². The van der Waals surface area contributed by atoms with Crippen molar-refractivity contribution in [3.05, 3.63) is 39.7 Å². The molecule has 0 bridgehead atoms. The summed E-state index contributed by atoms with van der Waals surface area (Å²) in [5, 5.41) is 3.11. The Morgan fingerprint density at radius 2 is 2.16 bits per heavy atom. The fourth-order valence-corrected chi connectivity index (χ4v) is 3.44. The van der Waals surface area contributed by atoms with Gasteiger partial charge < -0.3 is 5.32 Å². The second kappa shape index (κ2) is 5.09. The first kappa shape index (κ1) is 12.9. The third-order valence-corrected chi connectivity index (χ3v) is 4.57. The van der Waals surface area contributed by atoms with Crippen LogP contribution in [-0.2, 0) is 11.5 Å². The summed E-state index contributed by atoms with van der Waals surface area (Å²) >= 11 is 5.02. The van der Waals surface area contributed by atoms with Gasteiger partial charge in [-0.05, 0) is 34.1 Å². The molecule has 1 aromatic carbocycles. The van der Waals surface area contributed by atoms with E-state index in [0.29, 0.717) is 10.3 Å². The van der Waals surface area contributed by atoms with E-state index < -0.39 is 0 Å². The molecule has 19 heavy (non-hydrogen) atoms. The summed E-state index contributed by atoms with van der Waals surface area (Å²) in [7, 11) is 1.86. The zero-order chi connectivity index (χ0) is 13.4. The molecule has 3 nitrogen and oxygen atoms in total. The van der Waals surface area contributed by atoms with E-state index in [1.54, 1.807) is 12.1 Å². The number of hydrogen-bond acceptors (Lipinski definition) is 4. The highest BCUT2D eigenvalue weighted by Crippen LogP contribution is 2.34. The van der Waals surface area contributed by atoms with Crippen LogP contribution in [0.2, 0.25) is 0 Å². The van der Waals surface area contributed by atoms with Gasteiger partial charge in [-0.3, -0.25) is 0 Å². The molecule has 1 aromatic heterocycles. The minimum atomic E-state index is -0.283. The zero-order valence-corrected chi connectivity index (χ0v) is 12.6. The van der Waals surface area contributed by atoms with E-state index in [4.69, 9.17) is 0 Å². The summed E-state index contributed by atoms with van der Waals surface area (Å²) in [4.78, 5) is 9.11. The number of thioether (sulfide) groups is 1. The second-order valence-electron chi connectivity index (χ2n) is 4.19. The summed E-state index contributed by atoms with van der Waals surface area (Å²) < 4.78 is 13.7. The van der Waals surface area contributed by atoms with E-state index >= 15 is 0 Å². The molecule has 0 radical (unpaired) electrons. The maximum atomic E-state index is 13.3. The van der Waals surface area contributed by atoms with Gasteiger partial charge in [0, 0.05) is 29.7 Å². The van der Waals surface area contributed by atoms with Gasteiger partial charge in [-0.25, -0.2) is 14.4 Å². The van der Waals surface area contributed by atoms with Crippen molar-refractivity contribution in [3.8, 4) is 11.4 Å². The number of anilines is 1. The van der Waals surface area contributed by atoms with Crippen LogP contribution in [0, 0.1) is 5.82 Å². The van der Waals surface area contributed by atoms with Crippen molar-refractivity contribution in [2.75, 3.05) is 12.4 Å². The highest BCUT2D eigenvalue weighted by Gasteiger charge is 2.19. The molecule has 0 spiro atoms. The lowest BCUT2D eigenvalue weighted by atomic mass is 10.2. The van der Waals surface area contributed by atoms with Crippen molar-refractivity contribution < 1.29 is 4.39 Å². The Labute approximate surface area is 123 Å². The summed E-state index contributed by atoms with van der Waals surface area (Å²) in [5.74, 6) is 3.06. The lowest BCUT2D eigenvalue weighted by Gasteiger charge is -2.09. The SMILES string of the molecule is CNc1nc(-c2ccc(F)c(Br)c2)nc2c1CSC2. The maximum absolute atomic E-state index is 13.3. The average Bonchev–Trinajstić information content (AvgIpc) is 2.89. The number of hydrogen-bond donors (Lipinski definition) is 1. The molecule has 0 fully saturated rings. The summed E-state index contributed by atoms with van der Waals surface area (Å²) in [6.07, 6.45) is 0. The fraction of sp³-hybridized carbons (Fsp3) is 0.231. The molecule has 0 saturated carbocycles. The Kier molecular flexibility index (Phi) is 3.45. The van der Waals surface area contributed by atoms with Gasteiger partial charge in [0.25, 0.3) is 0 Å². The molecule has 1 N–H and O–H groups in total. The van der Waals surface area contributed by atoms with Crippen molar-refractivity contribution in [2.24, 2.45) is 0 Å². The minimum Gasteiger partial charge on any atom is -0.373 e. The van der Waals surface area contributed by atoms with Gasteiger partial charge in [-0.15, -0.1) is 0 Å². The van der Waals surface area contributed by atoms with Crippen LogP contribution in [0.15, 0.2) is 22.7 Å². The minimum absolute atomic E-state index is 0.283. The van der Waals surface area contributed by atoms with Gasteiger partial charge in [0.15, 0.2) is 5.82 Å². The van der Waals surface area contributed by atoms with Gasteiger partial charge in [-0.1, -0.05) is 0 Å². The predicted octanol–water partition coefficient (Wildman–Crippen LogP) is 3.83. The molecule has 0 amide bonds. The Morgan fingerprint density at radius 3 is 2.89 bits per heavy atom. The van der Waals surface area contributed by atoms with Crippen LogP contribution >= 0.6 is 27.7 Å². The highest BCUT2D eigenvalue weighted by atomic mass is 79.9. The van der Waals surface area contributed by atoms with Crippen molar-refractivity contribution >= 4 is 33.5 Å². The summed E-state index contributed by atoms with van der Waals surface area (Å²) in [6, 6.07) is 4.83. The third-order valence-electron chi connectivity index (χ3n) is 2.99. The number of rotatable bonds is 2. The van der Waals surface area contributed by atoms with E-state index in [9.17, 15) is 4.39 Å². The van der Waals surface area contributed by atoms with Crippen LogP contribution in [0.3, 0.4) is 0 Å². The van der Waals surface area contributed by atoms with Crippen molar-refractivity contribution in [3.63, 3.8) is 0 Å². The van der Waals surface area contributed by atoms with Gasteiger partial charge in [0.1, 0.15) is 11.6 Å². The Balaban J connectivity index is 2.12. The first-order valence-electron chi connectivity index (χ1n) is 5.79. The molecule has 1 aliphatic rings. The molecule has 0 aliphatic carbocycles. The summed E-state index contributed by atoms with van der Waals surface area (Å²) in [5.41, 5.74) is 3.06. The Morgan fingerprint density at radius 1 is 1.32 bits per heavy atom. The fourth-order valence-electron chi connectivity index (χ4n) is 2.02. The topological polar surface area (TPSA) is 37.8 Å². The standard InChI is InChI=1S/C13H11BrFN3S/c1-16-13-8-5-19-6-11(8)17-12(18-13)7-2-3-10(15)9(14)4-7/h2-4H,5-6H2,1H3,(H,16,17,18). The van der Waals surface area contributed by atoms with Crippen molar-refractivity contribution in [1.82, 2.24) is 9.97 Å². The first-order valence-corrected chi connectivity index (χ1v) is 7.74. The predicted molar refractivity (Wildman–Crippen MR) is 79.7 cm³/mol. The average molecular weight is 340 g/mol. The quantitative estimate of drug-likeness (QED) is 0.902. The van der Waals surface area contributed by atoms with Gasteiger partial charge in [0.05, 0.1) is 10.2 Å². The molecule has 6 heteroatoms. The van der Waals surface area contributed by atoms with Crippen LogP contribution in [-0.4, -0.2) is 17.0 Å². The van der Waals surface area contributed by atoms with Crippen LogP contribution in [0.1, 0.15) is 11.3 Å². The van der Waals surface area contributed by atoms with Gasteiger partial charge in [0.2, 0.25) is 0 Å². The highest BCUT2D eigenvalue weighted by molar-refractivity contribution is 9.10. The Bertz CT molecular complexity index is 648. The van der Waals surface area contributed by atoms with E-state index in [2.05, 4.69) is 31.2 Å². The number of aromatic nitrogens is 2. The van der Waals surface area contributed by atoms with E-state index in [1.165, 1.54) is 11.6 Å². The number of nitrogens with one attached hydrogen (secondary N) is 1. The third kappa shape index (κ3) is 2.34. The number of benzene rings is 1. The van der Waals surface area contributed by atoms with Crippen molar-refractivity contribution in [2.45, 2.75) is 11.5 Å². The largest absolute Gasteiger partial charge is 0.373 e. The van der Waals surface area contributed by atoms with Gasteiger partial charge >= 0.3 is 0 Å². The monoisotopic (exact) mass is 339 g/mol. The molecule has 2 aromatic rings. The van der Waals surface area contributed by atoms with Crippen LogP contribution < -0.4 is 5.32 Å². The number of nitrogens with zero attached hydrogens (tertiary/aromatic N) is 2. The molecule has 98 valence electrons. The van der Waals surface area contributed by atoms with Crippen LogP contribution in [0.5, 0.6) is 0 Å². The lowest BCUT2D eigenvalue weighted by Crippen LogP contribution is -2.03. The molecular weight excluding hydrogens is 329 g/mol. The molecule has 0 unspecified atom stereocenters. The zero-order valence-electron chi connectivity index (χ0n) is 10.2. The number of fused-ring (bicyclic) bond motifs is 1. The van der Waals surface area contributed by atoms with E-state index in [0.717, 1.165) is 28.6 Å². The Hall–Kier alpha value is -1.14. The maximum Gasteiger partial charge on any atom is 0.161 e. The van der Waals surface area contributed by atoms with Crippen molar-refractivity contribution in [1.29, 1.82) is 0 Å². The second-order valence-corrected chi connectivity index (χ2v) is 6.03. The van der Waals surface area contributed by atoms with Crippen LogP contribution in [0.4, 0.5) is 10.2 Å². The van der Waals surface area contributed by atoms with Gasteiger partial charge in [-0.2, -0.15) is 11.8 Å². The lowest BCUT2D eigenvalue weighted by molar-refractivity contribution is 0.621. The summed E-state index contributed by atoms with van der Waals surface area (Å²) in [6.45, 7) is 0.